The van der Waals surface area contributed by atoms with Gasteiger partial charge in [-0.05, 0) is 30.5 Å². The Bertz CT molecular complexity index is 572. The maximum absolute atomic E-state index is 12.3. The highest BCUT2D eigenvalue weighted by Crippen LogP contribution is 2.25. The predicted molar refractivity (Wildman–Crippen MR) is 80.3 cm³/mol. The summed E-state index contributed by atoms with van der Waals surface area (Å²) in [6, 6.07) is 7.32. The minimum atomic E-state index is -0.197. The molecule has 1 atom stereocenters. The van der Waals surface area contributed by atoms with Gasteiger partial charge < -0.3 is 15.0 Å². The lowest BCUT2D eigenvalue weighted by Crippen LogP contribution is -2.33. The molecule has 20 heavy (non-hydrogen) atoms. The van der Waals surface area contributed by atoms with Crippen LogP contribution in [0, 0.1) is 0 Å². The van der Waals surface area contributed by atoms with Crippen LogP contribution in [-0.4, -0.2) is 30.1 Å². The molecular formula is C14H17N3O2S. The smallest absolute Gasteiger partial charge is 0.322 e. The van der Waals surface area contributed by atoms with Crippen molar-refractivity contribution < 1.29 is 9.53 Å². The van der Waals surface area contributed by atoms with Gasteiger partial charge in [-0.3, -0.25) is 0 Å². The third kappa shape index (κ3) is 3.08. The predicted octanol–water partition coefficient (Wildman–Crippen LogP) is 3.38. The summed E-state index contributed by atoms with van der Waals surface area (Å²) in [5.41, 5.74) is 0.560. The molecule has 2 heterocycles. The molecule has 106 valence electrons. The van der Waals surface area contributed by atoms with Crippen LogP contribution < -0.4 is 10.1 Å². The number of urea groups is 1. The summed E-state index contributed by atoms with van der Waals surface area (Å²) < 4.78 is 5.12. The number of hydrogen-bond donors (Lipinski definition) is 1. The number of pyridine rings is 1. The molecule has 1 N–H and O–H groups in total. The fraction of sp³-hybridized carbons (Fsp3) is 0.286. The summed E-state index contributed by atoms with van der Waals surface area (Å²) in [4.78, 5) is 19.1. The fourth-order valence-corrected chi connectivity index (χ4v) is 2.57. The Morgan fingerprint density at radius 1 is 1.45 bits per heavy atom. The average Bonchev–Trinajstić information content (AvgIpc) is 3.00. The molecule has 0 aliphatic carbocycles. The molecule has 0 bridgehead atoms. The van der Waals surface area contributed by atoms with Gasteiger partial charge in [0.15, 0.2) is 0 Å². The van der Waals surface area contributed by atoms with E-state index >= 15 is 0 Å². The summed E-state index contributed by atoms with van der Waals surface area (Å²) in [7, 11) is 3.29. The Labute approximate surface area is 122 Å². The van der Waals surface area contributed by atoms with E-state index in [0.717, 1.165) is 4.88 Å². The van der Waals surface area contributed by atoms with Crippen LogP contribution in [0.3, 0.4) is 0 Å². The molecule has 0 unspecified atom stereocenters. The molecule has 6 heteroatoms. The van der Waals surface area contributed by atoms with Crippen LogP contribution in [0.2, 0.25) is 0 Å². The Morgan fingerprint density at radius 2 is 2.25 bits per heavy atom. The highest BCUT2D eigenvalue weighted by atomic mass is 32.1. The van der Waals surface area contributed by atoms with E-state index in [-0.39, 0.29) is 12.1 Å². The number of rotatable bonds is 4. The second kappa shape index (κ2) is 6.38. The number of thiophene rings is 1. The summed E-state index contributed by atoms with van der Waals surface area (Å²) in [5, 5.41) is 4.81. The first-order valence-corrected chi connectivity index (χ1v) is 7.07. The van der Waals surface area contributed by atoms with E-state index in [1.807, 2.05) is 24.4 Å². The molecule has 2 amide bonds. The maximum Gasteiger partial charge on any atom is 0.322 e. The molecule has 2 aromatic heterocycles. The number of anilines is 1. The molecule has 0 fully saturated rings. The molecular weight excluding hydrogens is 274 g/mol. The molecule has 0 aliphatic heterocycles. The van der Waals surface area contributed by atoms with Gasteiger partial charge in [-0.1, -0.05) is 6.07 Å². The number of methoxy groups -OCH3 is 1. The number of aromatic nitrogens is 1. The number of ether oxygens (including phenoxy) is 1. The Kier molecular flexibility index (Phi) is 4.57. The molecule has 0 aliphatic rings. The zero-order valence-electron chi connectivity index (χ0n) is 11.7. The van der Waals surface area contributed by atoms with Crippen LogP contribution in [0.1, 0.15) is 17.8 Å². The summed E-state index contributed by atoms with van der Waals surface area (Å²) in [5.74, 6) is 0.401. The zero-order chi connectivity index (χ0) is 14.5. The third-order valence-electron chi connectivity index (χ3n) is 3.06. The van der Waals surface area contributed by atoms with Crippen molar-refractivity contribution in [3.63, 3.8) is 0 Å². The molecule has 2 aromatic rings. The molecule has 0 saturated heterocycles. The number of carbonyl (C=O) groups excluding carboxylic acids is 1. The number of carbonyl (C=O) groups is 1. The van der Waals surface area contributed by atoms with Crippen LogP contribution >= 0.6 is 11.3 Å². The van der Waals surface area contributed by atoms with Crippen LogP contribution in [-0.2, 0) is 0 Å². The van der Waals surface area contributed by atoms with Crippen LogP contribution in [0.4, 0.5) is 10.5 Å². The van der Waals surface area contributed by atoms with Gasteiger partial charge in [0.05, 0.1) is 13.2 Å². The van der Waals surface area contributed by atoms with Crippen molar-refractivity contribution in [1.82, 2.24) is 9.88 Å². The second-order valence-corrected chi connectivity index (χ2v) is 5.27. The largest absolute Gasteiger partial charge is 0.480 e. The topological polar surface area (TPSA) is 54.5 Å². The lowest BCUT2D eigenvalue weighted by Gasteiger charge is -2.24. The van der Waals surface area contributed by atoms with E-state index in [1.165, 1.54) is 7.11 Å². The van der Waals surface area contributed by atoms with Gasteiger partial charge in [0.1, 0.15) is 5.69 Å². The quantitative estimate of drug-likeness (QED) is 0.939. The monoisotopic (exact) mass is 291 g/mol. The Hall–Kier alpha value is -2.08. The van der Waals surface area contributed by atoms with Crippen molar-refractivity contribution in [3.05, 3.63) is 40.7 Å². The molecule has 0 radical (unpaired) electrons. The first-order valence-electron chi connectivity index (χ1n) is 6.19. The van der Waals surface area contributed by atoms with Gasteiger partial charge >= 0.3 is 6.03 Å². The van der Waals surface area contributed by atoms with Crippen LogP contribution in [0.15, 0.2) is 35.8 Å². The van der Waals surface area contributed by atoms with E-state index in [4.69, 9.17) is 4.74 Å². The van der Waals surface area contributed by atoms with Crippen molar-refractivity contribution in [3.8, 4) is 5.88 Å². The summed E-state index contributed by atoms with van der Waals surface area (Å²) >= 11 is 1.63. The highest BCUT2D eigenvalue weighted by Gasteiger charge is 2.19. The minimum Gasteiger partial charge on any atom is -0.480 e. The second-order valence-electron chi connectivity index (χ2n) is 4.29. The Balaban J connectivity index is 2.08. The van der Waals surface area contributed by atoms with Crippen molar-refractivity contribution in [2.24, 2.45) is 0 Å². The maximum atomic E-state index is 12.3. The number of hydrogen-bond acceptors (Lipinski definition) is 4. The normalized spacial score (nSPS) is 11.8. The first kappa shape index (κ1) is 14.3. The van der Waals surface area contributed by atoms with Crippen LogP contribution in [0.5, 0.6) is 5.88 Å². The number of amides is 2. The first-order chi connectivity index (χ1) is 9.63. The molecule has 5 nitrogen and oxygen atoms in total. The van der Waals surface area contributed by atoms with Crippen molar-refractivity contribution in [2.45, 2.75) is 13.0 Å². The zero-order valence-corrected chi connectivity index (χ0v) is 12.5. The van der Waals surface area contributed by atoms with Crippen molar-refractivity contribution in [1.29, 1.82) is 0 Å². The summed E-state index contributed by atoms with van der Waals surface area (Å²) in [6.45, 7) is 1.99. The van der Waals surface area contributed by atoms with Gasteiger partial charge in [-0.25, -0.2) is 9.78 Å². The Morgan fingerprint density at radius 3 is 2.90 bits per heavy atom. The lowest BCUT2D eigenvalue weighted by atomic mass is 10.2. The number of nitrogens with one attached hydrogen (secondary N) is 1. The summed E-state index contributed by atoms with van der Waals surface area (Å²) in [6.07, 6.45) is 1.62. The van der Waals surface area contributed by atoms with Crippen LogP contribution in [0.25, 0.3) is 0 Å². The standard InChI is InChI=1S/C14H17N3O2S/c1-10(12-7-5-9-20-12)17(2)14(18)16-11-6-4-8-15-13(11)19-3/h4-10H,1-3H3,(H,16,18)/t10-/m0/s1. The van der Waals surface area contributed by atoms with Gasteiger partial charge in [-0.2, -0.15) is 0 Å². The molecule has 0 saturated carbocycles. The third-order valence-corrected chi connectivity index (χ3v) is 4.10. The molecule has 0 spiro atoms. The van der Waals surface area contributed by atoms with Gasteiger partial charge in [0, 0.05) is 18.1 Å². The molecule has 2 rings (SSSR count). The van der Waals surface area contributed by atoms with Crippen molar-refractivity contribution >= 4 is 23.1 Å². The van der Waals surface area contributed by atoms with E-state index in [0.29, 0.717) is 11.6 Å². The van der Waals surface area contributed by atoms with E-state index in [1.54, 1.807) is 41.6 Å². The fourth-order valence-electron chi connectivity index (χ4n) is 1.75. The van der Waals surface area contributed by atoms with E-state index in [9.17, 15) is 4.79 Å². The van der Waals surface area contributed by atoms with E-state index < -0.39 is 0 Å². The van der Waals surface area contributed by atoms with Gasteiger partial charge in [-0.15, -0.1) is 11.3 Å². The van der Waals surface area contributed by atoms with E-state index in [2.05, 4.69) is 10.3 Å². The van der Waals surface area contributed by atoms with Gasteiger partial charge in [0.25, 0.3) is 0 Å². The average molecular weight is 291 g/mol. The lowest BCUT2D eigenvalue weighted by molar-refractivity contribution is 0.209. The van der Waals surface area contributed by atoms with Crippen molar-refractivity contribution in [2.75, 3.05) is 19.5 Å². The highest BCUT2D eigenvalue weighted by molar-refractivity contribution is 7.10. The van der Waals surface area contributed by atoms with Gasteiger partial charge in [0.2, 0.25) is 5.88 Å². The SMILES string of the molecule is COc1ncccc1NC(=O)N(C)[C@@H](C)c1cccs1. The molecule has 0 aromatic carbocycles. The minimum absolute atomic E-state index is 0.0117. The number of nitrogens with zero attached hydrogens (tertiary/aromatic N) is 2.